The lowest BCUT2D eigenvalue weighted by molar-refractivity contribution is -0.274. The van der Waals surface area contributed by atoms with Crippen molar-refractivity contribution in [2.45, 2.75) is 24.2 Å². The third-order valence-corrected chi connectivity index (χ3v) is 5.44. The molecule has 0 bridgehead atoms. The Morgan fingerprint density at radius 2 is 1.84 bits per heavy atom. The molecule has 31 heavy (non-hydrogen) atoms. The molecule has 1 aromatic heterocycles. The minimum absolute atomic E-state index is 0.0834. The van der Waals surface area contributed by atoms with Gasteiger partial charge in [-0.2, -0.15) is 0 Å². The van der Waals surface area contributed by atoms with Crippen LogP contribution in [-0.2, 0) is 10.2 Å². The average molecular weight is 435 g/mol. The van der Waals surface area contributed by atoms with E-state index >= 15 is 0 Å². The minimum atomic E-state index is -4.89. The van der Waals surface area contributed by atoms with Crippen LogP contribution in [0.5, 0.6) is 11.5 Å². The Kier molecular flexibility index (Phi) is 4.89. The molecule has 10 heteroatoms. The predicted octanol–water partition coefficient (Wildman–Crippen LogP) is 3.13. The van der Waals surface area contributed by atoms with Gasteiger partial charge in [-0.25, -0.2) is 4.79 Å². The number of hydrogen-bond donors (Lipinski definition) is 3. The lowest BCUT2D eigenvalue weighted by Gasteiger charge is -2.33. The molecule has 2 heterocycles. The second kappa shape index (κ2) is 7.31. The van der Waals surface area contributed by atoms with Crippen molar-refractivity contribution < 1.29 is 37.3 Å². The molecule has 2 atom stereocenters. The number of alkyl halides is 3. The van der Waals surface area contributed by atoms with E-state index in [0.29, 0.717) is 0 Å². The molecule has 3 N–H and O–H groups in total. The molecule has 0 spiro atoms. The fourth-order valence-corrected chi connectivity index (χ4v) is 4.24. The molecule has 0 saturated carbocycles. The number of halogens is 3. The first-order valence-electron chi connectivity index (χ1n) is 9.21. The second-order valence-electron chi connectivity index (χ2n) is 7.13. The van der Waals surface area contributed by atoms with Crippen molar-refractivity contribution in [3.8, 4) is 11.5 Å². The van der Waals surface area contributed by atoms with Gasteiger partial charge in [-0.05, 0) is 42.8 Å². The lowest BCUT2D eigenvalue weighted by atomic mass is 9.69. The number of benzene rings is 2. The quantitative estimate of drug-likeness (QED) is 0.541. The second-order valence-corrected chi connectivity index (χ2v) is 7.13. The maximum Gasteiger partial charge on any atom is 0.573 e. The Labute approximate surface area is 172 Å². The van der Waals surface area contributed by atoms with Crippen LogP contribution in [-0.4, -0.2) is 35.1 Å². The average Bonchev–Trinajstić information content (AvgIpc) is 3.13. The van der Waals surface area contributed by atoms with Crippen LogP contribution in [0.1, 0.15) is 17.5 Å². The predicted molar refractivity (Wildman–Crippen MR) is 102 cm³/mol. The number of carbonyl (C=O) groups is 1. The highest BCUT2D eigenvalue weighted by molar-refractivity contribution is 5.86. The number of carboxylic acid groups (broad SMARTS) is 1. The van der Waals surface area contributed by atoms with Gasteiger partial charge in [0.2, 0.25) is 0 Å². The zero-order chi connectivity index (χ0) is 22.4. The van der Waals surface area contributed by atoms with Gasteiger partial charge < -0.3 is 24.7 Å². The number of ether oxygens (including phenoxy) is 1. The first-order chi connectivity index (χ1) is 14.6. The van der Waals surface area contributed by atoms with Crippen molar-refractivity contribution in [2.24, 2.45) is 0 Å². The van der Waals surface area contributed by atoms with Gasteiger partial charge in [-0.15, -0.1) is 13.2 Å². The molecule has 4 rings (SSSR count). The van der Waals surface area contributed by atoms with Crippen molar-refractivity contribution >= 4 is 16.9 Å². The van der Waals surface area contributed by atoms with Gasteiger partial charge >= 0.3 is 18.0 Å². The van der Waals surface area contributed by atoms with E-state index in [1.807, 2.05) is 0 Å². The van der Waals surface area contributed by atoms with Gasteiger partial charge in [0.1, 0.15) is 23.1 Å². The summed E-state index contributed by atoms with van der Waals surface area (Å²) in [5.41, 5.74) is -2.44. The van der Waals surface area contributed by atoms with E-state index in [1.165, 1.54) is 24.3 Å². The summed E-state index contributed by atoms with van der Waals surface area (Å²) in [4.78, 5) is 25.0. The van der Waals surface area contributed by atoms with Crippen molar-refractivity contribution in [1.82, 2.24) is 5.32 Å². The van der Waals surface area contributed by atoms with Gasteiger partial charge in [0.05, 0.1) is 16.4 Å². The van der Waals surface area contributed by atoms with Crippen LogP contribution in [0.25, 0.3) is 11.0 Å². The van der Waals surface area contributed by atoms with E-state index in [9.17, 15) is 33.0 Å². The van der Waals surface area contributed by atoms with Crippen LogP contribution < -0.4 is 15.7 Å². The molecule has 3 aromatic rings. The summed E-state index contributed by atoms with van der Waals surface area (Å²) in [7, 11) is 0. The number of fused-ring (bicyclic) bond motifs is 1. The Morgan fingerprint density at radius 3 is 2.48 bits per heavy atom. The number of para-hydroxylation sites is 1. The van der Waals surface area contributed by atoms with Crippen LogP contribution >= 0.6 is 0 Å². The van der Waals surface area contributed by atoms with Gasteiger partial charge in [0.15, 0.2) is 0 Å². The third kappa shape index (κ3) is 3.48. The van der Waals surface area contributed by atoms with E-state index in [0.717, 1.165) is 12.1 Å². The van der Waals surface area contributed by atoms with Gasteiger partial charge in [-0.1, -0.05) is 24.3 Å². The Hall–Kier alpha value is -3.53. The molecule has 1 unspecified atom stereocenters. The Balaban J connectivity index is 1.96. The number of aromatic hydroxyl groups is 1. The molecular formula is C21H16F3NO6. The minimum Gasteiger partial charge on any atom is -0.507 e. The van der Waals surface area contributed by atoms with Crippen LogP contribution in [0.15, 0.2) is 57.7 Å². The highest BCUT2D eigenvalue weighted by Crippen LogP contribution is 2.46. The van der Waals surface area contributed by atoms with Gasteiger partial charge in [0.25, 0.3) is 0 Å². The third-order valence-electron chi connectivity index (χ3n) is 5.44. The van der Waals surface area contributed by atoms with Crippen molar-refractivity contribution in [3.63, 3.8) is 0 Å². The van der Waals surface area contributed by atoms with Crippen molar-refractivity contribution in [3.05, 3.63) is 70.1 Å². The Bertz CT molecular complexity index is 1200. The van der Waals surface area contributed by atoms with E-state index in [4.69, 9.17) is 4.42 Å². The molecule has 0 radical (unpaired) electrons. The molecule has 1 fully saturated rings. The molecule has 1 aliphatic heterocycles. The zero-order valence-corrected chi connectivity index (χ0v) is 15.8. The number of aliphatic carboxylic acids is 1. The fourth-order valence-electron chi connectivity index (χ4n) is 4.24. The molecular weight excluding hydrogens is 419 g/mol. The van der Waals surface area contributed by atoms with E-state index in [1.54, 1.807) is 12.1 Å². The molecule has 1 aliphatic rings. The van der Waals surface area contributed by atoms with Crippen molar-refractivity contribution in [1.29, 1.82) is 0 Å². The zero-order valence-electron chi connectivity index (χ0n) is 15.8. The number of carboxylic acids is 1. The number of rotatable bonds is 4. The smallest absolute Gasteiger partial charge is 0.507 e. The highest BCUT2D eigenvalue weighted by Gasteiger charge is 2.53. The number of hydrogen-bond acceptors (Lipinski definition) is 6. The summed E-state index contributed by atoms with van der Waals surface area (Å²) in [6.45, 7) is 0.184. The monoisotopic (exact) mass is 435 g/mol. The summed E-state index contributed by atoms with van der Waals surface area (Å²) in [5.74, 6) is -2.23. The van der Waals surface area contributed by atoms with Crippen LogP contribution in [0, 0.1) is 0 Å². The van der Waals surface area contributed by atoms with Crippen molar-refractivity contribution in [2.75, 3.05) is 6.54 Å². The summed E-state index contributed by atoms with van der Waals surface area (Å²) in [6.07, 6.45) is -4.81. The van der Waals surface area contributed by atoms with E-state index in [-0.39, 0.29) is 35.1 Å². The highest BCUT2D eigenvalue weighted by atomic mass is 19.4. The van der Waals surface area contributed by atoms with Crippen LogP contribution in [0.2, 0.25) is 0 Å². The number of nitrogens with one attached hydrogen (secondary N) is 1. The molecule has 0 amide bonds. The molecule has 1 saturated heterocycles. The topological polar surface area (TPSA) is 109 Å². The summed E-state index contributed by atoms with van der Waals surface area (Å²) < 4.78 is 46.7. The fraction of sp³-hybridized carbons (Fsp3) is 0.238. The summed E-state index contributed by atoms with van der Waals surface area (Å²) >= 11 is 0. The summed E-state index contributed by atoms with van der Waals surface area (Å²) in [6, 6.07) is 9.44. The summed E-state index contributed by atoms with van der Waals surface area (Å²) in [5, 5.41) is 23.8. The van der Waals surface area contributed by atoms with E-state index in [2.05, 4.69) is 10.1 Å². The molecule has 162 valence electrons. The van der Waals surface area contributed by atoms with Crippen LogP contribution in [0.3, 0.4) is 0 Å². The normalized spacial score (nSPS) is 21.3. The molecule has 2 aromatic carbocycles. The van der Waals surface area contributed by atoms with Gasteiger partial charge in [0, 0.05) is 0 Å². The maximum absolute atomic E-state index is 12.9. The SMILES string of the molecule is O=C(O)[C@H]1NCCC1(c1ccc(OC(F)(F)F)cc1)c1c(O)c2ccccc2oc1=O. The lowest BCUT2D eigenvalue weighted by Crippen LogP contribution is -2.49. The maximum atomic E-state index is 12.9. The van der Waals surface area contributed by atoms with Gasteiger partial charge in [-0.3, -0.25) is 4.79 Å². The standard InChI is InChI=1S/C21H16F3NO6/c22-21(23,24)31-12-7-5-11(6-8-12)20(9-10-25-17(20)18(27)28)15-16(26)13-3-1-2-4-14(13)30-19(15)29/h1-8,17,25-26H,9-10H2,(H,27,28)/t17-,20?/m1/s1. The molecule has 0 aliphatic carbocycles. The largest absolute Gasteiger partial charge is 0.573 e. The van der Waals surface area contributed by atoms with E-state index < -0.39 is 40.9 Å². The molecule has 7 nitrogen and oxygen atoms in total. The van der Waals surface area contributed by atoms with Crippen LogP contribution in [0.4, 0.5) is 13.2 Å². The first-order valence-corrected chi connectivity index (χ1v) is 9.21. The Morgan fingerprint density at radius 1 is 1.16 bits per heavy atom. The first kappa shape index (κ1) is 20.7.